The number of nitrogens with zero attached hydrogens (tertiary/aromatic N) is 3. The first kappa shape index (κ1) is 18.2. The minimum atomic E-state index is -1.13. The van der Waals surface area contributed by atoms with Crippen LogP contribution in [0.3, 0.4) is 0 Å². The summed E-state index contributed by atoms with van der Waals surface area (Å²) in [6, 6.07) is 5.95. The Hall–Kier alpha value is -4.21. The summed E-state index contributed by atoms with van der Waals surface area (Å²) >= 11 is 0. The molecule has 0 bridgehead atoms. The SMILES string of the molecule is NC(=O)C(=O)C(Cc1c[nH]c2cc[nH]c12)NC(=O)c1cncn1-c1ccccn1. The van der Waals surface area contributed by atoms with E-state index in [2.05, 4.69) is 25.3 Å². The molecule has 10 heteroatoms. The second kappa shape index (κ2) is 7.43. The van der Waals surface area contributed by atoms with Gasteiger partial charge in [0.05, 0.1) is 17.2 Å². The Morgan fingerprint density at radius 2 is 2.07 bits per heavy atom. The van der Waals surface area contributed by atoms with E-state index in [4.69, 9.17) is 5.73 Å². The first-order valence-electron chi connectivity index (χ1n) is 8.76. The molecule has 0 saturated carbocycles. The maximum absolute atomic E-state index is 12.9. The molecule has 2 amide bonds. The standard InChI is InChI=1S/C19H17N7O3/c20-18(28)17(27)13(7-11-8-24-12-4-6-23-16(11)12)25-19(29)14-9-21-10-26(14)15-3-1-2-5-22-15/h1-6,8-10,13,23-24H,7H2,(H2,20,28)(H,25,29). The summed E-state index contributed by atoms with van der Waals surface area (Å²) < 4.78 is 1.49. The van der Waals surface area contributed by atoms with Crippen molar-refractivity contribution in [3.63, 3.8) is 0 Å². The molecule has 146 valence electrons. The summed E-state index contributed by atoms with van der Waals surface area (Å²) in [6.45, 7) is 0. The fourth-order valence-electron chi connectivity index (χ4n) is 3.13. The van der Waals surface area contributed by atoms with Gasteiger partial charge in [-0.15, -0.1) is 0 Å². The van der Waals surface area contributed by atoms with E-state index in [1.54, 1.807) is 36.8 Å². The fraction of sp³-hybridized carbons (Fsp3) is 0.105. The van der Waals surface area contributed by atoms with Gasteiger partial charge < -0.3 is 21.0 Å². The number of rotatable bonds is 7. The zero-order valence-electron chi connectivity index (χ0n) is 15.1. The van der Waals surface area contributed by atoms with E-state index in [1.165, 1.54) is 17.1 Å². The average Bonchev–Trinajstić information content (AvgIpc) is 3.45. The predicted octanol–water partition coefficient (Wildman–Crippen LogP) is 0.472. The summed E-state index contributed by atoms with van der Waals surface area (Å²) in [5.74, 6) is -2.09. The topological polar surface area (TPSA) is 152 Å². The van der Waals surface area contributed by atoms with Crippen molar-refractivity contribution in [2.75, 3.05) is 0 Å². The second-order valence-corrected chi connectivity index (χ2v) is 6.38. The molecule has 4 heterocycles. The van der Waals surface area contributed by atoms with E-state index in [-0.39, 0.29) is 12.1 Å². The third kappa shape index (κ3) is 3.50. The summed E-state index contributed by atoms with van der Waals surface area (Å²) in [6.07, 6.45) is 7.94. The summed E-state index contributed by atoms with van der Waals surface area (Å²) in [5, 5.41) is 2.60. The number of H-pyrrole nitrogens is 2. The van der Waals surface area contributed by atoms with Crippen molar-refractivity contribution in [1.82, 2.24) is 29.8 Å². The first-order chi connectivity index (χ1) is 14.0. The average molecular weight is 391 g/mol. The van der Waals surface area contributed by atoms with Gasteiger partial charge in [0.2, 0.25) is 5.78 Å². The van der Waals surface area contributed by atoms with Crippen LogP contribution in [0, 0.1) is 0 Å². The molecule has 0 spiro atoms. The van der Waals surface area contributed by atoms with Crippen LogP contribution in [0.5, 0.6) is 0 Å². The molecular weight excluding hydrogens is 374 g/mol. The summed E-state index contributed by atoms with van der Waals surface area (Å²) in [7, 11) is 0. The van der Waals surface area contributed by atoms with Crippen LogP contribution in [-0.4, -0.2) is 48.1 Å². The quantitative estimate of drug-likeness (QED) is 0.338. The third-order valence-corrected chi connectivity index (χ3v) is 4.53. The van der Waals surface area contributed by atoms with Crippen molar-refractivity contribution in [1.29, 1.82) is 0 Å². The van der Waals surface area contributed by atoms with Gasteiger partial charge in [0, 0.05) is 25.0 Å². The number of ketones is 1. The number of hydrogen-bond acceptors (Lipinski definition) is 5. The van der Waals surface area contributed by atoms with Crippen molar-refractivity contribution < 1.29 is 14.4 Å². The van der Waals surface area contributed by atoms with Gasteiger partial charge in [-0.3, -0.25) is 19.0 Å². The van der Waals surface area contributed by atoms with Crippen LogP contribution in [0.25, 0.3) is 16.9 Å². The number of carbonyl (C=O) groups excluding carboxylic acids is 3. The van der Waals surface area contributed by atoms with E-state index in [1.807, 2.05) is 6.07 Å². The number of aromatic nitrogens is 5. The van der Waals surface area contributed by atoms with Gasteiger partial charge in [-0.25, -0.2) is 9.97 Å². The van der Waals surface area contributed by atoms with E-state index < -0.39 is 23.6 Å². The molecule has 4 aromatic rings. The van der Waals surface area contributed by atoms with Crippen LogP contribution >= 0.6 is 0 Å². The van der Waals surface area contributed by atoms with Crippen LogP contribution in [0.1, 0.15) is 16.1 Å². The number of nitrogens with one attached hydrogen (secondary N) is 3. The van der Waals surface area contributed by atoms with Gasteiger partial charge in [0.15, 0.2) is 0 Å². The minimum Gasteiger partial charge on any atom is -0.363 e. The van der Waals surface area contributed by atoms with Gasteiger partial charge >= 0.3 is 0 Å². The molecule has 0 fully saturated rings. The number of amides is 2. The molecule has 0 aliphatic rings. The lowest BCUT2D eigenvalue weighted by molar-refractivity contribution is -0.137. The Labute approximate surface area is 164 Å². The lowest BCUT2D eigenvalue weighted by Crippen LogP contribution is -2.47. The van der Waals surface area contributed by atoms with Crippen molar-refractivity contribution in [2.24, 2.45) is 5.73 Å². The number of imidazole rings is 1. The van der Waals surface area contributed by atoms with E-state index in [0.717, 1.165) is 16.6 Å². The Kier molecular flexibility index (Phi) is 4.65. The van der Waals surface area contributed by atoms with Gasteiger partial charge in [-0.1, -0.05) is 6.07 Å². The van der Waals surface area contributed by atoms with Crippen LogP contribution in [0.4, 0.5) is 0 Å². The van der Waals surface area contributed by atoms with E-state index in [9.17, 15) is 14.4 Å². The smallest absolute Gasteiger partial charge is 0.287 e. The molecule has 1 unspecified atom stereocenters. The Morgan fingerprint density at radius 1 is 1.21 bits per heavy atom. The Morgan fingerprint density at radius 3 is 2.83 bits per heavy atom. The highest BCUT2D eigenvalue weighted by molar-refractivity contribution is 6.38. The number of hydrogen-bond donors (Lipinski definition) is 4. The maximum Gasteiger partial charge on any atom is 0.287 e. The van der Waals surface area contributed by atoms with Crippen molar-refractivity contribution in [2.45, 2.75) is 12.5 Å². The second-order valence-electron chi connectivity index (χ2n) is 6.38. The molecule has 29 heavy (non-hydrogen) atoms. The molecule has 1 atom stereocenters. The van der Waals surface area contributed by atoms with Crippen molar-refractivity contribution >= 4 is 28.6 Å². The minimum absolute atomic E-state index is 0.0890. The van der Waals surface area contributed by atoms with Gasteiger partial charge in [0.1, 0.15) is 23.9 Å². The number of aromatic amines is 2. The molecule has 0 aliphatic heterocycles. The van der Waals surface area contributed by atoms with Gasteiger partial charge in [0.25, 0.3) is 11.8 Å². The number of pyridine rings is 1. The Bertz CT molecular complexity index is 1190. The molecule has 0 aliphatic carbocycles. The van der Waals surface area contributed by atoms with Gasteiger partial charge in [-0.2, -0.15) is 0 Å². The van der Waals surface area contributed by atoms with Crippen molar-refractivity contribution in [3.05, 3.63) is 66.6 Å². The summed E-state index contributed by atoms with van der Waals surface area (Å²) in [4.78, 5) is 51.0. The fourth-order valence-corrected chi connectivity index (χ4v) is 3.13. The number of fused-ring (bicyclic) bond motifs is 1. The largest absolute Gasteiger partial charge is 0.363 e. The third-order valence-electron chi connectivity index (χ3n) is 4.53. The van der Waals surface area contributed by atoms with Crippen LogP contribution in [0.15, 0.2) is 55.4 Å². The zero-order valence-corrected chi connectivity index (χ0v) is 15.1. The number of Topliss-reactive ketones (excluding diaryl/α,β-unsaturated/α-hetero) is 1. The number of primary amides is 1. The highest BCUT2D eigenvalue weighted by atomic mass is 16.2. The molecule has 0 radical (unpaired) electrons. The zero-order chi connectivity index (χ0) is 20.4. The van der Waals surface area contributed by atoms with Crippen LogP contribution in [0.2, 0.25) is 0 Å². The summed E-state index contributed by atoms with van der Waals surface area (Å²) in [5.41, 5.74) is 7.74. The normalized spacial score (nSPS) is 12.0. The van der Waals surface area contributed by atoms with Crippen LogP contribution in [-0.2, 0) is 16.0 Å². The highest BCUT2D eigenvalue weighted by Crippen LogP contribution is 2.18. The van der Waals surface area contributed by atoms with E-state index >= 15 is 0 Å². The molecule has 5 N–H and O–H groups in total. The molecule has 4 rings (SSSR count). The van der Waals surface area contributed by atoms with Crippen LogP contribution < -0.4 is 11.1 Å². The molecule has 0 aromatic carbocycles. The molecule has 10 nitrogen and oxygen atoms in total. The van der Waals surface area contributed by atoms with E-state index in [0.29, 0.717) is 5.82 Å². The lowest BCUT2D eigenvalue weighted by Gasteiger charge is -2.16. The molecule has 0 saturated heterocycles. The lowest BCUT2D eigenvalue weighted by atomic mass is 10.0. The van der Waals surface area contributed by atoms with Gasteiger partial charge in [-0.05, 0) is 23.8 Å². The number of nitrogens with two attached hydrogens (primary N) is 1. The monoisotopic (exact) mass is 391 g/mol. The predicted molar refractivity (Wildman–Crippen MR) is 103 cm³/mol. The molecular formula is C19H17N7O3. The molecule has 4 aromatic heterocycles. The highest BCUT2D eigenvalue weighted by Gasteiger charge is 2.28. The number of carbonyl (C=O) groups is 3. The first-order valence-corrected chi connectivity index (χ1v) is 8.76. The van der Waals surface area contributed by atoms with Crippen molar-refractivity contribution in [3.8, 4) is 5.82 Å². The maximum atomic E-state index is 12.9. The Balaban J connectivity index is 1.61.